The van der Waals surface area contributed by atoms with E-state index in [0.717, 1.165) is 13.1 Å². The molecule has 0 aromatic rings. The Kier molecular flexibility index (Phi) is 7.09. The third kappa shape index (κ3) is 8.44. The van der Waals surface area contributed by atoms with Crippen molar-refractivity contribution in [3.8, 4) is 0 Å². The van der Waals surface area contributed by atoms with E-state index in [1.54, 1.807) is 21.0 Å². The largest absolute Gasteiger partial charge is 0.395 e. The van der Waals surface area contributed by atoms with Crippen LogP contribution in [0.1, 0.15) is 20.3 Å². The van der Waals surface area contributed by atoms with Gasteiger partial charge in [-0.15, -0.1) is 0 Å². The fourth-order valence-electron chi connectivity index (χ4n) is 1.13. The van der Waals surface area contributed by atoms with E-state index in [0.29, 0.717) is 19.6 Å². The van der Waals surface area contributed by atoms with E-state index < -0.39 is 5.60 Å². The first-order valence-corrected chi connectivity index (χ1v) is 5.04. The zero-order valence-corrected chi connectivity index (χ0v) is 9.49. The summed E-state index contributed by atoms with van der Waals surface area (Å²) in [5.41, 5.74) is -0.638. The van der Waals surface area contributed by atoms with Crippen molar-refractivity contribution < 1.29 is 14.9 Å². The third-order valence-electron chi connectivity index (χ3n) is 2.07. The van der Waals surface area contributed by atoms with E-state index in [1.807, 2.05) is 0 Å². The van der Waals surface area contributed by atoms with E-state index in [4.69, 9.17) is 9.84 Å². The van der Waals surface area contributed by atoms with E-state index in [1.165, 1.54) is 0 Å². The highest BCUT2D eigenvalue weighted by molar-refractivity contribution is 4.68. The first-order valence-electron chi connectivity index (χ1n) is 5.04. The number of hydrogen-bond acceptors (Lipinski definition) is 4. The lowest BCUT2D eigenvalue weighted by Gasteiger charge is -2.25. The second-order valence-electron chi connectivity index (χ2n) is 4.12. The highest BCUT2D eigenvalue weighted by Crippen LogP contribution is 2.07. The van der Waals surface area contributed by atoms with Crippen molar-refractivity contribution in [2.24, 2.45) is 0 Å². The van der Waals surface area contributed by atoms with Crippen molar-refractivity contribution in [2.75, 3.05) is 40.0 Å². The summed E-state index contributed by atoms with van der Waals surface area (Å²) in [7, 11) is 1.66. The quantitative estimate of drug-likeness (QED) is 0.589. The van der Waals surface area contributed by atoms with Crippen LogP contribution in [0.4, 0.5) is 0 Å². The van der Waals surface area contributed by atoms with Crippen molar-refractivity contribution >= 4 is 0 Å². The number of aliphatic hydroxyl groups excluding tert-OH is 1. The number of rotatable bonds is 8. The average molecular weight is 205 g/mol. The molecule has 0 aliphatic heterocycles. The van der Waals surface area contributed by atoms with Crippen molar-refractivity contribution in [1.29, 1.82) is 0 Å². The predicted molar refractivity (Wildman–Crippen MR) is 56.3 cm³/mol. The molecular weight excluding hydrogens is 182 g/mol. The second kappa shape index (κ2) is 7.17. The molecule has 0 amide bonds. The molecular formula is C10H23NO3. The maximum atomic E-state index is 9.54. The fraction of sp³-hybridized carbons (Fsp3) is 1.00. The van der Waals surface area contributed by atoms with Gasteiger partial charge in [0.1, 0.15) is 0 Å². The molecule has 0 unspecified atom stereocenters. The normalized spacial score (nSPS) is 12.4. The van der Waals surface area contributed by atoms with Gasteiger partial charge in [0.25, 0.3) is 0 Å². The zero-order chi connectivity index (χ0) is 11.0. The van der Waals surface area contributed by atoms with Gasteiger partial charge in [-0.1, -0.05) is 0 Å². The number of ether oxygens (including phenoxy) is 1. The first-order chi connectivity index (χ1) is 6.49. The van der Waals surface area contributed by atoms with Crippen molar-refractivity contribution in [2.45, 2.75) is 25.9 Å². The van der Waals surface area contributed by atoms with Gasteiger partial charge in [0.2, 0.25) is 0 Å². The summed E-state index contributed by atoms with van der Waals surface area (Å²) in [6, 6.07) is 0. The van der Waals surface area contributed by atoms with Gasteiger partial charge in [-0.3, -0.25) is 4.90 Å². The molecule has 0 saturated carbocycles. The minimum atomic E-state index is -0.638. The first kappa shape index (κ1) is 13.8. The van der Waals surface area contributed by atoms with Crippen LogP contribution in [-0.2, 0) is 4.74 Å². The van der Waals surface area contributed by atoms with Crippen LogP contribution in [0.5, 0.6) is 0 Å². The smallest absolute Gasteiger partial charge is 0.0603 e. The summed E-state index contributed by atoms with van der Waals surface area (Å²) in [5, 5.41) is 18.4. The maximum absolute atomic E-state index is 9.54. The molecule has 0 aromatic carbocycles. The summed E-state index contributed by atoms with van der Waals surface area (Å²) in [5.74, 6) is 0. The van der Waals surface area contributed by atoms with Crippen LogP contribution in [0.15, 0.2) is 0 Å². The molecule has 0 radical (unpaired) electrons. The van der Waals surface area contributed by atoms with Crippen molar-refractivity contribution in [1.82, 2.24) is 4.90 Å². The van der Waals surface area contributed by atoms with Gasteiger partial charge in [0.05, 0.1) is 18.8 Å². The molecule has 0 atom stereocenters. The lowest BCUT2D eigenvalue weighted by atomic mass is 10.1. The Morgan fingerprint density at radius 2 is 1.86 bits per heavy atom. The molecule has 0 fully saturated rings. The standard InChI is InChI=1S/C10H23NO3/c1-10(2,13)4-5-11(6-8-12)7-9-14-3/h12-13H,4-9H2,1-3H3. The lowest BCUT2D eigenvalue weighted by molar-refractivity contribution is 0.0496. The number of hydrogen-bond donors (Lipinski definition) is 2. The van der Waals surface area contributed by atoms with Crippen LogP contribution >= 0.6 is 0 Å². The van der Waals surface area contributed by atoms with Crippen LogP contribution in [-0.4, -0.2) is 60.7 Å². The van der Waals surface area contributed by atoms with Crippen LogP contribution in [0, 0.1) is 0 Å². The molecule has 4 nitrogen and oxygen atoms in total. The Morgan fingerprint density at radius 3 is 2.29 bits per heavy atom. The van der Waals surface area contributed by atoms with E-state index >= 15 is 0 Å². The molecule has 4 heteroatoms. The Hall–Kier alpha value is -0.160. The molecule has 0 aliphatic carbocycles. The molecule has 0 aromatic heterocycles. The summed E-state index contributed by atoms with van der Waals surface area (Å²) in [6.07, 6.45) is 0.705. The molecule has 0 aliphatic rings. The summed E-state index contributed by atoms with van der Waals surface area (Å²) in [4.78, 5) is 2.08. The highest BCUT2D eigenvalue weighted by atomic mass is 16.5. The van der Waals surface area contributed by atoms with E-state index in [9.17, 15) is 5.11 Å². The van der Waals surface area contributed by atoms with Crippen LogP contribution in [0.25, 0.3) is 0 Å². The molecule has 0 saturated heterocycles. The van der Waals surface area contributed by atoms with Gasteiger partial charge in [0, 0.05) is 26.7 Å². The Balaban J connectivity index is 3.72. The SMILES string of the molecule is COCCN(CCO)CCC(C)(C)O. The van der Waals surface area contributed by atoms with Gasteiger partial charge in [0.15, 0.2) is 0 Å². The lowest BCUT2D eigenvalue weighted by Crippen LogP contribution is -2.35. The monoisotopic (exact) mass is 205 g/mol. The average Bonchev–Trinajstić information content (AvgIpc) is 2.08. The van der Waals surface area contributed by atoms with Crippen LogP contribution < -0.4 is 0 Å². The number of nitrogens with zero attached hydrogens (tertiary/aromatic N) is 1. The second-order valence-corrected chi connectivity index (χ2v) is 4.12. The van der Waals surface area contributed by atoms with Gasteiger partial charge in [-0.05, 0) is 20.3 Å². The van der Waals surface area contributed by atoms with E-state index in [2.05, 4.69) is 4.90 Å². The van der Waals surface area contributed by atoms with Gasteiger partial charge >= 0.3 is 0 Å². The minimum Gasteiger partial charge on any atom is -0.395 e. The molecule has 86 valence electrons. The Labute approximate surface area is 86.5 Å². The van der Waals surface area contributed by atoms with Crippen molar-refractivity contribution in [3.63, 3.8) is 0 Å². The zero-order valence-electron chi connectivity index (χ0n) is 9.49. The maximum Gasteiger partial charge on any atom is 0.0603 e. The van der Waals surface area contributed by atoms with Crippen LogP contribution in [0.2, 0.25) is 0 Å². The Bertz CT molecular complexity index is 134. The van der Waals surface area contributed by atoms with Gasteiger partial charge < -0.3 is 14.9 Å². The minimum absolute atomic E-state index is 0.148. The number of methoxy groups -OCH3 is 1. The van der Waals surface area contributed by atoms with Gasteiger partial charge in [-0.25, -0.2) is 0 Å². The summed E-state index contributed by atoms with van der Waals surface area (Å²) in [6.45, 7) is 6.61. The highest BCUT2D eigenvalue weighted by Gasteiger charge is 2.14. The van der Waals surface area contributed by atoms with E-state index in [-0.39, 0.29) is 6.61 Å². The molecule has 0 rings (SSSR count). The van der Waals surface area contributed by atoms with Crippen molar-refractivity contribution in [3.05, 3.63) is 0 Å². The summed E-state index contributed by atoms with van der Waals surface area (Å²) < 4.78 is 4.96. The molecule has 0 spiro atoms. The molecule has 2 N–H and O–H groups in total. The Morgan fingerprint density at radius 1 is 1.21 bits per heavy atom. The van der Waals surface area contributed by atoms with Gasteiger partial charge in [-0.2, -0.15) is 0 Å². The predicted octanol–water partition coefficient (Wildman–Crippen LogP) is 0.0881. The fourth-order valence-corrected chi connectivity index (χ4v) is 1.13. The molecule has 0 bridgehead atoms. The topological polar surface area (TPSA) is 52.9 Å². The molecule has 0 heterocycles. The number of aliphatic hydroxyl groups is 2. The van der Waals surface area contributed by atoms with Crippen LogP contribution in [0.3, 0.4) is 0 Å². The summed E-state index contributed by atoms with van der Waals surface area (Å²) >= 11 is 0. The third-order valence-corrected chi connectivity index (χ3v) is 2.07. The molecule has 14 heavy (non-hydrogen) atoms.